The third kappa shape index (κ3) is 4.24. The van der Waals surface area contributed by atoms with Crippen LogP contribution in [-0.2, 0) is 6.42 Å². The van der Waals surface area contributed by atoms with Crippen LogP contribution in [0.15, 0.2) is 48.8 Å². The number of nitrogens with zero attached hydrogens (tertiary/aromatic N) is 1. The summed E-state index contributed by atoms with van der Waals surface area (Å²) in [5.41, 5.74) is 7.78. The molecule has 0 saturated heterocycles. The van der Waals surface area contributed by atoms with Gasteiger partial charge in [-0.25, -0.2) is 0 Å². The Balaban J connectivity index is 2.02. The maximum atomic E-state index is 12.0. The van der Waals surface area contributed by atoms with Gasteiger partial charge < -0.3 is 10.5 Å². The minimum atomic E-state index is -4.68. The zero-order valence-electron chi connectivity index (χ0n) is 10.5. The Morgan fingerprint density at radius 3 is 2.20 bits per heavy atom. The van der Waals surface area contributed by atoms with E-state index in [0.717, 1.165) is 11.1 Å². The number of benzene rings is 1. The average molecular weight is 282 g/mol. The monoisotopic (exact) mass is 282 g/mol. The molecule has 0 spiro atoms. The number of nitrogens with two attached hydrogens (primary N) is 1. The lowest BCUT2D eigenvalue weighted by molar-refractivity contribution is -0.274. The number of aromatic nitrogens is 1. The van der Waals surface area contributed by atoms with Crippen LogP contribution < -0.4 is 10.5 Å². The van der Waals surface area contributed by atoms with E-state index < -0.39 is 6.36 Å². The van der Waals surface area contributed by atoms with Crippen molar-refractivity contribution in [3.8, 4) is 5.75 Å². The molecule has 106 valence electrons. The van der Waals surface area contributed by atoms with Crippen molar-refractivity contribution in [2.75, 3.05) is 0 Å². The molecular weight excluding hydrogens is 269 g/mol. The minimum Gasteiger partial charge on any atom is -0.406 e. The Bertz CT molecular complexity index is 541. The molecule has 1 unspecified atom stereocenters. The van der Waals surface area contributed by atoms with E-state index in [-0.39, 0.29) is 11.8 Å². The summed E-state index contributed by atoms with van der Waals surface area (Å²) in [7, 11) is 0. The summed E-state index contributed by atoms with van der Waals surface area (Å²) in [6, 6.07) is 8.99. The van der Waals surface area contributed by atoms with Crippen LogP contribution in [0.4, 0.5) is 13.2 Å². The normalized spacial score (nSPS) is 13.0. The second-order valence-corrected chi connectivity index (χ2v) is 4.28. The van der Waals surface area contributed by atoms with Crippen LogP contribution in [0.5, 0.6) is 5.75 Å². The number of halogens is 3. The highest BCUT2D eigenvalue weighted by molar-refractivity contribution is 5.30. The molecule has 0 aliphatic rings. The number of alkyl halides is 3. The molecule has 2 aromatic rings. The molecule has 0 amide bonds. The zero-order chi connectivity index (χ0) is 14.6. The molecule has 0 fully saturated rings. The summed E-state index contributed by atoms with van der Waals surface area (Å²) in [5, 5.41) is 0. The Hall–Kier alpha value is -2.08. The molecule has 20 heavy (non-hydrogen) atoms. The highest BCUT2D eigenvalue weighted by atomic mass is 19.4. The highest BCUT2D eigenvalue weighted by Gasteiger charge is 2.31. The van der Waals surface area contributed by atoms with Crippen LogP contribution in [0.2, 0.25) is 0 Å². The number of ether oxygens (including phenoxy) is 1. The van der Waals surface area contributed by atoms with Crippen LogP contribution in [0.3, 0.4) is 0 Å². The SMILES string of the molecule is NC(Cc1ccncc1)c1ccc(OC(F)(F)F)cc1. The quantitative estimate of drug-likeness (QED) is 0.936. The van der Waals surface area contributed by atoms with E-state index in [1.807, 2.05) is 12.1 Å². The van der Waals surface area contributed by atoms with Gasteiger partial charge in [0.1, 0.15) is 5.75 Å². The van der Waals surface area contributed by atoms with Crippen molar-refractivity contribution in [2.45, 2.75) is 18.8 Å². The molecule has 0 saturated carbocycles. The Labute approximate surface area is 114 Å². The smallest absolute Gasteiger partial charge is 0.406 e. The second kappa shape index (κ2) is 5.92. The van der Waals surface area contributed by atoms with Gasteiger partial charge in [0.2, 0.25) is 0 Å². The number of hydrogen-bond acceptors (Lipinski definition) is 3. The van der Waals surface area contributed by atoms with E-state index in [2.05, 4.69) is 9.72 Å². The molecule has 0 aliphatic heterocycles. The molecule has 0 aliphatic carbocycles. The number of pyridine rings is 1. The summed E-state index contributed by atoms with van der Waals surface area (Å²) in [5.74, 6) is -0.252. The first-order valence-electron chi connectivity index (χ1n) is 5.94. The predicted octanol–water partition coefficient (Wildman–Crippen LogP) is 3.22. The van der Waals surface area contributed by atoms with Gasteiger partial charge in [-0.2, -0.15) is 0 Å². The van der Waals surface area contributed by atoms with Gasteiger partial charge in [-0.05, 0) is 41.8 Å². The third-order valence-electron chi connectivity index (χ3n) is 2.75. The molecule has 2 N–H and O–H groups in total. The van der Waals surface area contributed by atoms with E-state index in [1.165, 1.54) is 24.3 Å². The molecular formula is C14H13F3N2O. The largest absolute Gasteiger partial charge is 0.573 e. The van der Waals surface area contributed by atoms with Crippen LogP contribution in [0.1, 0.15) is 17.2 Å². The summed E-state index contributed by atoms with van der Waals surface area (Å²) < 4.78 is 39.9. The highest BCUT2D eigenvalue weighted by Crippen LogP contribution is 2.24. The van der Waals surface area contributed by atoms with Crippen LogP contribution in [-0.4, -0.2) is 11.3 Å². The van der Waals surface area contributed by atoms with Crippen molar-refractivity contribution in [1.82, 2.24) is 4.98 Å². The van der Waals surface area contributed by atoms with Crippen LogP contribution >= 0.6 is 0 Å². The van der Waals surface area contributed by atoms with E-state index >= 15 is 0 Å². The first-order valence-corrected chi connectivity index (χ1v) is 5.94. The van der Waals surface area contributed by atoms with Crippen molar-refractivity contribution < 1.29 is 17.9 Å². The number of rotatable bonds is 4. The standard InChI is InChI=1S/C14H13F3N2O/c15-14(16,17)20-12-3-1-11(2-4-12)13(18)9-10-5-7-19-8-6-10/h1-8,13H,9,18H2. The van der Waals surface area contributed by atoms with E-state index in [1.54, 1.807) is 12.4 Å². The summed E-state index contributed by atoms with van der Waals surface area (Å²) >= 11 is 0. The topological polar surface area (TPSA) is 48.1 Å². The fourth-order valence-corrected chi connectivity index (χ4v) is 1.81. The average Bonchev–Trinajstić information content (AvgIpc) is 2.39. The van der Waals surface area contributed by atoms with Crippen molar-refractivity contribution in [1.29, 1.82) is 0 Å². The molecule has 6 heteroatoms. The second-order valence-electron chi connectivity index (χ2n) is 4.28. The van der Waals surface area contributed by atoms with E-state index in [0.29, 0.717) is 6.42 Å². The minimum absolute atomic E-state index is 0.252. The fraction of sp³-hybridized carbons (Fsp3) is 0.214. The predicted molar refractivity (Wildman–Crippen MR) is 68.0 cm³/mol. The van der Waals surface area contributed by atoms with Gasteiger partial charge >= 0.3 is 6.36 Å². The maximum absolute atomic E-state index is 12.0. The van der Waals surface area contributed by atoms with Crippen molar-refractivity contribution in [2.24, 2.45) is 5.73 Å². The van der Waals surface area contributed by atoms with Gasteiger partial charge in [-0.3, -0.25) is 4.98 Å². The van der Waals surface area contributed by atoms with E-state index in [9.17, 15) is 13.2 Å². The lowest BCUT2D eigenvalue weighted by Gasteiger charge is -2.13. The number of hydrogen-bond donors (Lipinski definition) is 1. The summed E-state index contributed by atoms with van der Waals surface area (Å²) in [6.07, 6.45) is -0.757. The van der Waals surface area contributed by atoms with Crippen molar-refractivity contribution >= 4 is 0 Å². The molecule has 0 bridgehead atoms. The van der Waals surface area contributed by atoms with Gasteiger partial charge in [-0.15, -0.1) is 13.2 Å². The molecule has 3 nitrogen and oxygen atoms in total. The Kier molecular flexibility index (Phi) is 4.24. The molecule has 0 radical (unpaired) electrons. The zero-order valence-corrected chi connectivity index (χ0v) is 10.5. The van der Waals surface area contributed by atoms with Crippen LogP contribution in [0, 0.1) is 0 Å². The lowest BCUT2D eigenvalue weighted by Crippen LogP contribution is -2.17. The summed E-state index contributed by atoms with van der Waals surface area (Å²) in [6.45, 7) is 0. The molecule has 1 aromatic carbocycles. The Morgan fingerprint density at radius 2 is 1.65 bits per heavy atom. The Morgan fingerprint density at radius 1 is 1.05 bits per heavy atom. The van der Waals surface area contributed by atoms with Crippen LogP contribution in [0.25, 0.3) is 0 Å². The van der Waals surface area contributed by atoms with Crippen molar-refractivity contribution in [3.05, 3.63) is 59.9 Å². The van der Waals surface area contributed by atoms with Gasteiger partial charge in [0.15, 0.2) is 0 Å². The molecule has 1 atom stereocenters. The molecule has 1 heterocycles. The van der Waals surface area contributed by atoms with Gasteiger partial charge in [-0.1, -0.05) is 12.1 Å². The fourth-order valence-electron chi connectivity index (χ4n) is 1.81. The molecule has 2 rings (SSSR count). The first-order chi connectivity index (χ1) is 9.44. The maximum Gasteiger partial charge on any atom is 0.573 e. The van der Waals surface area contributed by atoms with Gasteiger partial charge in [0.25, 0.3) is 0 Å². The van der Waals surface area contributed by atoms with Crippen molar-refractivity contribution in [3.63, 3.8) is 0 Å². The van der Waals surface area contributed by atoms with Gasteiger partial charge in [0, 0.05) is 18.4 Å². The van der Waals surface area contributed by atoms with E-state index in [4.69, 9.17) is 5.73 Å². The molecule has 1 aromatic heterocycles. The third-order valence-corrected chi connectivity index (χ3v) is 2.75. The first kappa shape index (κ1) is 14.3. The summed E-state index contributed by atoms with van der Waals surface area (Å²) in [4.78, 5) is 3.91. The van der Waals surface area contributed by atoms with Gasteiger partial charge in [0.05, 0.1) is 0 Å². The lowest BCUT2D eigenvalue weighted by atomic mass is 10.0.